The number of nitrogens with one attached hydrogen (secondary N) is 1. The lowest BCUT2D eigenvalue weighted by Gasteiger charge is -2.24. The minimum absolute atomic E-state index is 0.0255. The van der Waals surface area contributed by atoms with Crippen LogP contribution >= 0.6 is 0 Å². The Hall–Kier alpha value is -1.77. The van der Waals surface area contributed by atoms with Gasteiger partial charge in [0.05, 0.1) is 12.5 Å². The number of hydrogen-bond donors (Lipinski definition) is 2. The van der Waals surface area contributed by atoms with Crippen LogP contribution in [0.1, 0.15) is 26.7 Å². The van der Waals surface area contributed by atoms with Gasteiger partial charge in [-0.25, -0.2) is 4.79 Å². The van der Waals surface area contributed by atoms with E-state index in [1.807, 2.05) is 6.07 Å². The Morgan fingerprint density at radius 2 is 2.06 bits per heavy atom. The van der Waals surface area contributed by atoms with Crippen molar-refractivity contribution in [2.75, 3.05) is 13.6 Å². The van der Waals surface area contributed by atoms with Crippen LogP contribution in [0.4, 0.5) is 4.79 Å². The molecule has 0 heterocycles. The molecule has 0 bridgehead atoms. The molecule has 6 nitrogen and oxygen atoms in total. The van der Waals surface area contributed by atoms with Gasteiger partial charge in [-0.05, 0) is 12.8 Å². The summed E-state index contributed by atoms with van der Waals surface area (Å²) in [5.41, 5.74) is 0. The van der Waals surface area contributed by atoms with E-state index in [-0.39, 0.29) is 30.8 Å². The summed E-state index contributed by atoms with van der Waals surface area (Å²) in [5, 5.41) is 19.7. The number of rotatable bonds is 6. The van der Waals surface area contributed by atoms with Crippen LogP contribution in [0.3, 0.4) is 0 Å². The highest BCUT2D eigenvalue weighted by Gasteiger charge is 2.16. The quantitative estimate of drug-likeness (QED) is 0.726. The molecule has 96 valence electrons. The third-order valence-electron chi connectivity index (χ3n) is 2.49. The van der Waals surface area contributed by atoms with E-state index in [0.29, 0.717) is 6.54 Å². The Balaban J connectivity index is 4.01. The van der Waals surface area contributed by atoms with Crippen LogP contribution < -0.4 is 5.32 Å². The van der Waals surface area contributed by atoms with Crippen LogP contribution in [0.5, 0.6) is 0 Å². The first kappa shape index (κ1) is 15.2. The molecule has 2 unspecified atom stereocenters. The van der Waals surface area contributed by atoms with Crippen molar-refractivity contribution in [3.63, 3.8) is 0 Å². The van der Waals surface area contributed by atoms with E-state index in [2.05, 4.69) is 5.32 Å². The molecule has 2 atom stereocenters. The summed E-state index contributed by atoms with van der Waals surface area (Å²) in [5.74, 6) is -0.992. The maximum absolute atomic E-state index is 11.6. The molecule has 0 aliphatic rings. The van der Waals surface area contributed by atoms with Gasteiger partial charge in [0, 0.05) is 26.1 Å². The molecule has 0 rings (SSSR count). The van der Waals surface area contributed by atoms with Crippen LogP contribution in [0, 0.1) is 17.2 Å². The average molecular weight is 241 g/mol. The van der Waals surface area contributed by atoms with Crippen LogP contribution in [0.15, 0.2) is 0 Å². The third kappa shape index (κ3) is 6.40. The molecule has 0 fully saturated rings. The van der Waals surface area contributed by atoms with Gasteiger partial charge in [-0.1, -0.05) is 6.92 Å². The number of nitriles is 1. The number of amides is 2. The molecule has 0 aromatic rings. The summed E-state index contributed by atoms with van der Waals surface area (Å²) in [4.78, 5) is 23.5. The van der Waals surface area contributed by atoms with Crippen LogP contribution in [0.25, 0.3) is 0 Å². The molecule has 2 N–H and O–H groups in total. The van der Waals surface area contributed by atoms with Crippen LogP contribution in [0.2, 0.25) is 0 Å². The van der Waals surface area contributed by atoms with E-state index in [0.717, 1.165) is 0 Å². The third-order valence-corrected chi connectivity index (χ3v) is 2.49. The van der Waals surface area contributed by atoms with Crippen molar-refractivity contribution in [2.45, 2.75) is 32.7 Å². The molecule has 0 spiro atoms. The Kier molecular flexibility index (Phi) is 6.71. The van der Waals surface area contributed by atoms with Gasteiger partial charge in [0.2, 0.25) is 0 Å². The molecule has 0 aromatic heterocycles. The van der Waals surface area contributed by atoms with Gasteiger partial charge in [-0.15, -0.1) is 0 Å². The number of aliphatic carboxylic acids is 1. The zero-order valence-electron chi connectivity index (χ0n) is 10.4. The zero-order chi connectivity index (χ0) is 13.4. The van der Waals surface area contributed by atoms with Crippen molar-refractivity contribution in [3.05, 3.63) is 0 Å². The highest BCUT2D eigenvalue weighted by molar-refractivity contribution is 5.74. The molecule has 0 aromatic carbocycles. The Labute approximate surface area is 101 Å². The van der Waals surface area contributed by atoms with E-state index < -0.39 is 5.97 Å². The summed E-state index contributed by atoms with van der Waals surface area (Å²) >= 11 is 0. The second kappa shape index (κ2) is 7.49. The van der Waals surface area contributed by atoms with Crippen molar-refractivity contribution < 1.29 is 14.7 Å². The number of carbonyl (C=O) groups is 2. The van der Waals surface area contributed by atoms with Gasteiger partial charge in [-0.2, -0.15) is 5.26 Å². The van der Waals surface area contributed by atoms with Gasteiger partial charge in [0.1, 0.15) is 0 Å². The van der Waals surface area contributed by atoms with Gasteiger partial charge < -0.3 is 15.3 Å². The summed E-state index contributed by atoms with van der Waals surface area (Å²) in [6.07, 6.45) is 0.298. The lowest BCUT2D eigenvalue weighted by molar-refractivity contribution is -0.137. The van der Waals surface area contributed by atoms with Crippen molar-refractivity contribution in [3.8, 4) is 6.07 Å². The van der Waals surface area contributed by atoms with Gasteiger partial charge in [0.15, 0.2) is 0 Å². The maximum Gasteiger partial charge on any atom is 0.317 e. The fourth-order valence-electron chi connectivity index (χ4n) is 1.23. The summed E-state index contributed by atoms with van der Waals surface area (Å²) < 4.78 is 0. The summed E-state index contributed by atoms with van der Waals surface area (Å²) in [7, 11) is 1.61. The fourth-order valence-corrected chi connectivity index (χ4v) is 1.23. The van der Waals surface area contributed by atoms with E-state index in [1.54, 1.807) is 20.9 Å². The molecule has 0 aliphatic heterocycles. The fraction of sp³-hybridized carbons (Fsp3) is 0.727. The van der Waals surface area contributed by atoms with Crippen molar-refractivity contribution >= 4 is 12.0 Å². The average Bonchev–Trinajstić information content (AvgIpc) is 2.24. The van der Waals surface area contributed by atoms with Crippen LogP contribution in [-0.4, -0.2) is 41.6 Å². The van der Waals surface area contributed by atoms with E-state index >= 15 is 0 Å². The smallest absolute Gasteiger partial charge is 0.317 e. The van der Waals surface area contributed by atoms with Gasteiger partial charge in [0.25, 0.3) is 0 Å². The second-order valence-corrected chi connectivity index (χ2v) is 4.21. The molecule has 0 aliphatic carbocycles. The van der Waals surface area contributed by atoms with Crippen molar-refractivity contribution in [1.82, 2.24) is 10.2 Å². The number of urea groups is 1. The van der Waals surface area contributed by atoms with E-state index in [4.69, 9.17) is 10.4 Å². The predicted octanol–water partition coefficient (Wildman–Crippen LogP) is 1.04. The lowest BCUT2D eigenvalue weighted by Crippen LogP contribution is -2.43. The molecule has 6 heteroatoms. The zero-order valence-corrected chi connectivity index (χ0v) is 10.4. The summed E-state index contributed by atoms with van der Waals surface area (Å²) in [6, 6.07) is 1.55. The molecule has 0 saturated carbocycles. The minimum atomic E-state index is -0.877. The second-order valence-electron chi connectivity index (χ2n) is 4.21. The van der Waals surface area contributed by atoms with Crippen LogP contribution in [-0.2, 0) is 4.79 Å². The highest BCUT2D eigenvalue weighted by Crippen LogP contribution is 2.02. The van der Waals surface area contributed by atoms with Gasteiger partial charge >= 0.3 is 12.0 Å². The first-order valence-electron chi connectivity index (χ1n) is 5.47. The van der Waals surface area contributed by atoms with Gasteiger partial charge in [-0.3, -0.25) is 4.79 Å². The number of hydrogen-bond acceptors (Lipinski definition) is 3. The largest absolute Gasteiger partial charge is 0.481 e. The minimum Gasteiger partial charge on any atom is -0.481 e. The molecule has 2 amide bonds. The number of carboxylic acid groups (broad SMARTS) is 1. The lowest BCUT2D eigenvalue weighted by atomic mass is 10.1. The number of carbonyl (C=O) groups excluding carboxylic acids is 1. The number of nitrogens with zero attached hydrogens (tertiary/aromatic N) is 2. The maximum atomic E-state index is 11.6. The first-order valence-corrected chi connectivity index (χ1v) is 5.47. The Morgan fingerprint density at radius 3 is 2.53 bits per heavy atom. The monoisotopic (exact) mass is 241 g/mol. The predicted molar refractivity (Wildman–Crippen MR) is 62.3 cm³/mol. The standard InChI is InChI=1S/C11H19N3O3/c1-8(6-10(15)16)7-13-11(17)14(3)9(2)4-5-12/h8-9H,4,6-7H2,1-3H3,(H,13,17)(H,15,16). The van der Waals surface area contributed by atoms with E-state index in [9.17, 15) is 9.59 Å². The molecule has 0 saturated heterocycles. The summed E-state index contributed by atoms with van der Waals surface area (Å²) in [6.45, 7) is 3.85. The Morgan fingerprint density at radius 1 is 1.47 bits per heavy atom. The molecular weight excluding hydrogens is 222 g/mol. The molecular formula is C11H19N3O3. The number of carboxylic acids is 1. The molecule has 17 heavy (non-hydrogen) atoms. The van der Waals surface area contributed by atoms with E-state index in [1.165, 1.54) is 4.90 Å². The van der Waals surface area contributed by atoms with Crippen molar-refractivity contribution in [1.29, 1.82) is 5.26 Å². The Bertz CT molecular complexity index is 312. The topological polar surface area (TPSA) is 93.4 Å². The normalized spacial score (nSPS) is 13.3. The van der Waals surface area contributed by atoms with Crippen molar-refractivity contribution in [2.24, 2.45) is 5.92 Å². The first-order chi connectivity index (χ1) is 7.88. The SMILES string of the molecule is CC(CNC(=O)N(C)C(C)CC#N)CC(=O)O. The highest BCUT2D eigenvalue weighted by atomic mass is 16.4. The molecule has 0 radical (unpaired) electrons.